The van der Waals surface area contributed by atoms with Crippen molar-refractivity contribution in [2.75, 3.05) is 6.61 Å². The number of hydrogen-bond acceptors (Lipinski definition) is 3. The van der Waals surface area contributed by atoms with Crippen molar-refractivity contribution in [2.24, 2.45) is 5.10 Å². The molecule has 0 saturated heterocycles. The van der Waals surface area contributed by atoms with Crippen LogP contribution in [0.2, 0.25) is 5.02 Å². The molecule has 0 aromatic heterocycles. The summed E-state index contributed by atoms with van der Waals surface area (Å²) in [6, 6.07) is 24.8. The van der Waals surface area contributed by atoms with E-state index in [2.05, 4.69) is 10.5 Å². The topological polar surface area (TPSA) is 50.7 Å². The molecule has 3 aromatic carbocycles. The first-order chi connectivity index (χ1) is 14.1. The Morgan fingerprint density at radius 2 is 1.72 bits per heavy atom. The number of allylic oxidation sites excluding steroid dienone is 1. The first kappa shape index (κ1) is 20.4. The number of halogens is 1. The van der Waals surface area contributed by atoms with Crippen molar-refractivity contribution in [3.05, 3.63) is 107 Å². The van der Waals surface area contributed by atoms with Gasteiger partial charge < -0.3 is 4.74 Å². The fourth-order valence-corrected chi connectivity index (χ4v) is 2.85. The lowest BCUT2D eigenvalue weighted by atomic mass is 10.1. The summed E-state index contributed by atoms with van der Waals surface area (Å²) in [5, 5.41) is 4.91. The van der Waals surface area contributed by atoms with E-state index < -0.39 is 0 Å². The van der Waals surface area contributed by atoms with Crippen LogP contribution in [0.3, 0.4) is 0 Å². The normalized spacial score (nSPS) is 11.4. The molecular formula is C24H21ClN2O2. The van der Waals surface area contributed by atoms with E-state index in [-0.39, 0.29) is 12.5 Å². The number of carbonyl (C=O) groups is 1. The number of amides is 1. The number of rotatable bonds is 7. The van der Waals surface area contributed by atoms with Crippen molar-refractivity contribution in [3.8, 4) is 5.75 Å². The largest absolute Gasteiger partial charge is 0.483 e. The second-order valence-corrected chi connectivity index (χ2v) is 6.78. The zero-order valence-corrected chi connectivity index (χ0v) is 16.8. The van der Waals surface area contributed by atoms with Crippen molar-refractivity contribution < 1.29 is 9.53 Å². The molecule has 0 aliphatic heterocycles. The van der Waals surface area contributed by atoms with E-state index in [1.54, 1.807) is 18.2 Å². The Hall–Kier alpha value is -3.37. The molecule has 5 heteroatoms. The smallest absolute Gasteiger partial charge is 0.277 e. The summed E-state index contributed by atoms with van der Waals surface area (Å²) in [5.41, 5.74) is 6.02. The minimum atomic E-state index is -0.346. The van der Waals surface area contributed by atoms with Crippen LogP contribution in [0.4, 0.5) is 0 Å². The Morgan fingerprint density at radius 3 is 2.41 bits per heavy atom. The predicted molar refractivity (Wildman–Crippen MR) is 118 cm³/mol. The summed E-state index contributed by atoms with van der Waals surface area (Å²) >= 11 is 5.94. The Morgan fingerprint density at radius 1 is 1.03 bits per heavy atom. The summed E-state index contributed by atoms with van der Waals surface area (Å²) in [7, 11) is 0. The minimum absolute atomic E-state index is 0.142. The summed E-state index contributed by atoms with van der Waals surface area (Å²) < 4.78 is 5.56. The number of benzene rings is 3. The summed E-state index contributed by atoms with van der Waals surface area (Å²) in [6.45, 7) is 1.73. The number of carbonyl (C=O) groups excluding carboxylic acids is 1. The molecule has 29 heavy (non-hydrogen) atoms. The van der Waals surface area contributed by atoms with Gasteiger partial charge in [0, 0.05) is 10.6 Å². The highest BCUT2D eigenvalue weighted by Crippen LogP contribution is 2.21. The molecule has 0 unspecified atom stereocenters. The fourth-order valence-electron chi connectivity index (χ4n) is 2.62. The highest BCUT2D eigenvalue weighted by atomic mass is 35.5. The van der Waals surface area contributed by atoms with E-state index in [0.717, 1.165) is 16.7 Å². The van der Waals surface area contributed by atoms with Gasteiger partial charge in [-0.2, -0.15) is 5.10 Å². The highest BCUT2D eigenvalue weighted by Gasteiger charge is 2.06. The van der Waals surface area contributed by atoms with E-state index in [1.807, 2.05) is 79.7 Å². The molecule has 1 amide bonds. The minimum Gasteiger partial charge on any atom is -0.483 e. The van der Waals surface area contributed by atoms with Gasteiger partial charge in [-0.05, 0) is 42.3 Å². The number of hydrogen-bond donors (Lipinski definition) is 1. The van der Waals surface area contributed by atoms with Gasteiger partial charge in [0.25, 0.3) is 5.91 Å². The summed E-state index contributed by atoms with van der Waals surface area (Å²) in [6.07, 6.45) is 3.82. The van der Waals surface area contributed by atoms with E-state index in [1.165, 1.54) is 0 Å². The molecule has 0 fully saturated rings. The standard InChI is InChI=1S/C24H21ClN2O2/c1-18-16-21(25)13-15-23(18)29-17-24(28)27-26-22(20-10-6-3-7-11-20)14-12-19-8-4-2-5-9-19/h2-16H,17H2,1H3,(H,27,28)/b14-12+,26-22+. The monoisotopic (exact) mass is 404 g/mol. The summed E-state index contributed by atoms with van der Waals surface area (Å²) in [4.78, 5) is 12.2. The molecular weight excluding hydrogens is 384 g/mol. The predicted octanol–water partition coefficient (Wildman–Crippen LogP) is 5.26. The molecule has 0 aliphatic rings. The number of nitrogens with zero attached hydrogens (tertiary/aromatic N) is 1. The van der Waals surface area contributed by atoms with E-state index in [9.17, 15) is 4.79 Å². The Kier molecular flexibility index (Phi) is 7.20. The zero-order valence-electron chi connectivity index (χ0n) is 16.0. The third-order valence-electron chi connectivity index (χ3n) is 4.10. The molecule has 0 saturated carbocycles. The number of nitrogens with one attached hydrogen (secondary N) is 1. The fraction of sp³-hybridized carbons (Fsp3) is 0.0833. The molecule has 0 aliphatic carbocycles. The maximum Gasteiger partial charge on any atom is 0.277 e. The van der Waals surface area contributed by atoms with Crippen LogP contribution in [0.5, 0.6) is 5.75 Å². The maximum absolute atomic E-state index is 12.2. The van der Waals surface area contributed by atoms with Gasteiger partial charge in [-0.15, -0.1) is 0 Å². The SMILES string of the molecule is Cc1cc(Cl)ccc1OCC(=O)N/N=C(\C=C\c1ccccc1)c1ccccc1. The molecule has 3 aromatic rings. The lowest BCUT2D eigenvalue weighted by Gasteiger charge is -2.09. The molecule has 3 rings (SSSR count). The van der Waals surface area contributed by atoms with Crippen LogP contribution >= 0.6 is 11.6 Å². The first-order valence-electron chi connectivity index (χ1n) is 9.16. The lowest BCUT2D eigenvalue weighted by Crippen LogP contribution is -2.26. The van der Waals surface area contributed by atoms with Gasteiger partial charge in [0.1, 0.15) is 5.75 Å². The third kappa shape index (κ3) is 6.33. The number of ether oxygens (including phenoxy) is 1. The Balaban J connectivity index is 1.68. The third-order valence-corrected chi connectivity index (χ3v) is 4.33. The average molecular weight is 405 g/mol. The van der Waals surface area contributed by atoms with Gasteiger partial charge in [-0.3, -0.25) is 4.79 Å². The van der Waals surface area contributed by atoms with E-state index >= 15 is 0 Å². The molecule has 146 valence electrons. The van der Waals surface area contributed by atoms with Crippen molar-refractivity contribution in [3.63, 3.8) is 0 Å². The van der Waals surface area contributed by atoms with Gasteiger partial charge in [0.2, 0.25) is 0 Å². The van der Waals surface area contributed by atoms with Crippen LogP contribution in [0.25, 0.3) is 6.08 Å². The quantitative estimate of drug-likeness (QED) is 0.431. The van der Waals surface area contributed by atoms with Gasteiger partial charge in [-0.25, -0.2) is 5.43 Å². The number of aryl methyl sites for hydroxylation is 1. The maximum atomic E-state index is 12.2. The van der Waals surface area contributed by atoms with Crippen molar-refractivity contribution >= 4 is 29.3 Å². The molecule has 0 heterocycles. The van der Waals surface area contributed by atoms with Crippen LogP contribution < -0.4 is 10.2 Å². The van der Waals surface area contributed by atoms with Crippen LogP contribution in [0, 0.1) is 6.92 Å². The first-order valence-corrected chi connectivity index (χ1v) is 9.53. The van der Waals surface area contributed by atoms with Gasteiger partial charge >= 0.3 is 0 Å². The van der Waals surface area contributed by atoms with Crippen molar-refractivity contribution in [1.29, 1.82) is 0 Å². The number of hydrazone groups is 1. The van der Waals surface area contributed by atoms with Gasteiger partial charge in [0.05, 0.1) is 5.71 Å². The molecule has 0 atom stereocenters. The van der Waals surface area contributed by atoms with Crippen LogP contribution in [-0.2, 0) is 4.79 Å². The second kappa shape index (κ2) is 10.2. The average Bonchev–Trinajstić information content (AvgIpc) is 2.74. The van der Waals surface area contributed by atoms with Crippen molar-refractivity contribution in [1.82, 2.24) is 5.43 Å². The molecule has 0 bridgehead atoms. The van der Waals surface area contributed by atoms with Gasteiger partial charge in [-0.1, -0.05) is 78.3 Å². The van der Waals surface area contributed by atoms with E-state index in [0.29, 0.717) is 16.5 Å². The molecule has 4 nitrogen and oxygen atoms in total. The molecule has 0 spiro atoms. The van der Waals surface area contributed by atoms with Crippen molar-refractivity contribution in [2.45, 2.75) is 6.92 Å². The van der Waals surface area contributed by atoms with Crippen LogP contribution in [0.1, 0.15) is 16.7 Å². The van der Waals surface area contributed by atoms with Crippen LogP contribution in [0.15, 0.2) is 90.0 Å². The van der Waals surface area contributed by atoms with Gasteiger partial charge in [0.15, 0.2) is 6.61 Å². The Labute approximate surface area is 175 Å². The van der Waals surface area contributed by atoms with Crippen LogP contribution in [-0.4, -0.2) is 18.2 Å². The molecule has 1 N–H and O–H groups in total. The zero-order chi connectivity index (χ0) is 20.5. The highest BCUT2D eigenvalue weighted by molar-refractivity contribution is 6.30. The summed E-state index contributed by atoms with van der Waals surface area (Å²) in [5.74, 6) is 0.265. The molecule has 0 radical (unpaired) electrons. The lowest BCUT2D eigenvalue weighted by molar-refractivity contribution is -0.123. The van der Waals surface area contributed by atoms with E-state index in [4.69, 9.17) is 16.3 Å². The second-order valence-electron chi connectivity index (χ2n) is 6.34. The Bertz CT molecular complexity index is 1020.